The number of rotatable bonds is 2. The van der Waals surface area contributed by atoms with Gasteiger partial charge in [-0.2, -0.15) is 4.21 Å². The van der Waals surface area contributed by atoms with Crippen LogP contribution in [0.15, 0.2) is 0 Å². The van der Waals surface area contributed by atoms with E-state index in [1.807, 2.05) is 0 Å². The summed E-state index contributed by atoms with van der Waals surface area (Å²) in [7, 11) is 0. The first kappa shape index (κ1) is 10.5. The molecule has 7 heavy (non-hydrogen) atoms. The van der Waals surface area contributed by atoms with Crippen LogP contribution in [-0.2, 0) is 20.3 Å². The molecule has 0 aromatic rings. The molecular formula is CH3NaO4S. The zero-order valence-corrected chi connectivity index (χ0v) is 3.47. The number of carbonyl (C=O) groups is 1. The summed E-state index contributed by atoms with van der Waals surface area (Å²) in [6.07, 6.45) is 0. The second-order valence-corrected chi connectivity index (χ2v) is 1.04. The van der Waals surface area contributed by atoms with Gasteiger partial charge in [-0.15, -0.1) is 0 Å². The summed E-state index contributed by atoms with van der Waals surface area (Å²) < 4.78 is 20.2. The van der Waals surface area contributed by atoms with E-state index in [0.717, 1.165) is 0 Å². The van der Waals surface area contributed by atoms with E-state index in [4.69, 9.17) is 9.35 Å². The monoisotopic (exact) mass is 134 g/mol. The van der Waals surface area contributed by atoms with Gasteiger partial charge in [0.05, 0.1) is 0 Å². The minimum absolute atomic E-state index is 0. The summed E-state index contributed by atoms with van der Waals surface area (Å²) in [4.78, 5) is 9.04. The van der Waals surface area contributed by atoms with E-state index in [0.29, 0.717) is 0 Å². The normalized spacial score (nSPS) is 11.0. The molecule has 1 atom stereocenters. The minimum atomic E-state index is -2.43. The van der Waals surface area contributed by atoms with Crippen LogP contribution < -0.4 is 0 Å². The van der Waals surface area contributed by atoms with Crippen LogP contribution in [0.3, 0.4) is 0 Å². The average Bonchev–Trinajstić information content (AvgIpc) is 1.35. The van der Waals surface area contributed by atoms with E-state index >= 15 is 0 Å². The molecule has 4 nitrogen and oxygen atoms in total. The fourth-order valence-electron chi connectivity index (χ4n) is 0.0336. The van der Waals surface area contributed by atoms with Gasteiger partial charge in [0.15, 0.2) is 0 Å². The molecule has 38 valence electrons. The quantitative estimate of drug-likeness (QED) is 0.288. The van der Waals surface area contributed by atoms with Crippen LogP contribution in [0.2, 0.25) is 0 Å². The Morgan fingerprint density at radius 2 is 2.14 bits per heavy atom. The van der Waals surface area contributed by atoms with Crippen molar-refractivity contribution in [1.29, 1.82) is 0 Å². The van der Waals surface area contributed by atoms with Crippen molar-refractivity contribution in [1.82, 2.24) is 0 Å². The van der Waals surface area contributed by atoms with Crippen LogP contribution >= 0.6 is 0 Å². The molecule has 1 unspecified atom stereocenters. The first-order valence-corrected chi connectivity index (χ1v) is 2.02. The molecule has 0 radical (unpaired) electrons. The molecular weight excluding hydrogens is 131 g/mol. The third-order valence-corrected chi connectivity index (χ3v) is 0.365. The van der Waals surface area contributed by atoms with E-state index in [1.54, 1.807) is 0 Å². The SMILES string of the molecule is O=COS(=O)O.[NaH]. The van der Waals surface area contributed by atoms with Crippen LogP contribution in [0.25, 0.3) is 0 Å². The summed E-state index contributed by atoms with van der Waals surface area (Å²) in [6.45, 7) is -0.101. The standard InChI is InChI=1S/CH2O4S.Na.H/c2-1-5-6(3)4;;/h1H,(H,3,4);;. The van der Waals surface area contributed by atoms with Crippen LogP contribution in [0.4, 0.5) is 0 Å². The van der Waals surface area contributed by atoms with Crippen LogP contribution in [0.5, 0.6) is 0 Å². The summed E-state index contributed by atoms with van der Waals surface area (Å²) in [6, 6.07) is 0. The summed E-state index contributed by atoms with van der Waals surface area (Å²) in [5.74, 6) is 0. The fraction of sp³-hybridized carbons (Fsp3) is 0. The van der Waals surface area contributed by atoms with E-state index in [2.05, 4.69) is 4.18 Å². The van der Waals surface area contributed by atoms with Gasteiger partial charge in [-0.1, -0.05) is 0 Å². The molecule has 0 bridgehead atoms. The van der Waals surface area contributed by atoms with Gasteiger partial charge in [0, 0.05) is 0 Å². The number of hydrogen-bond acceptors (Lipinski definition) is 3. The molecule has 0 saturated carbocycles. The molecule has 0 fully saturated rings. The second-order valence-electron chi connectivity index (χ2n) is 0.410. The Morgan fingerprint density at radius 3 is 2.14 bits per heavy atom. The number of carbonyl (C=O) groups excluding carboxylic acids is 1. The van der Waals surface area contributed by atoms with Gasteiger partial charge < -0.3 is 4.18 Å². The summed E-state index contributed by atoms with van der Waals surface area (Å²) in [5.41, 5.74) is 0. The Morgan fingerprint density at radius 1 is 1.71 bits per heavy atom. The third kappa shape index (κ3) is 10.8. The molecule has 0 aliphatic rings. The second kappa shape index (κ2) is 6.58. The van der Waals surface area contributed by atoms with E-state index in [9.17, 15) is 4.21 Å². The fourth-order valence-corrected chi connectivity index (χ4v) is 0.101. The summed E-state index contributed by atoms with van der Waals surface area (Å²) in [5, 5.41) is 0. The Hall–Kier alpha value is 0.580. The molecule has 0 aliphatic carbocycles. The van der Waals surface area contributed by atoms with Crippen LogP contribution in [0, 0.1) is 0 Å². The summed E-state index contributed by atoms with van der Waals surface area (Å²) >= 11 is -2.43. The maximum atomic E-state index is 9.26. The molecule has 0 heterocycles. The Labute approximate surface area is 65.0 Å². The molecule has 0 spiro atoms. The van der Waals surface area contributed by atoms with E-state index < -0.39 is 11.4 Å². The zero-order valence-electron chi connectivity index (χ0n) is 2.66. The predicted molar refractivity (Wildman–Crippen MR) is 25.1 cm³/mol. The Bertz CT molecular complexity index is 72.1. The van der Waals surface area contributed by atoms with Crippen molar-refractivity contribution >= 4 is 47.4 Å². The first-order chi connectivity index (χ1) is 2.77. The van der Waals surface area contributed by atoms with Gasteiger partial charge in [0.25, 0.3) is 0 Å². The molecule has 0 aliphatic heterocycles. The van der Waals surface area contributed by atoms with Gasteiger partial charge in [-0.05, 0) is 0 Å². The predicted octanol–water partition coefficient (Wildman–Crippen LogP) is -1.35. The van der Waals surface area contributed by atoms with Gasteiger partial charge in [-0.3, -0.25) is 9.35 Å². The van der Waals surface area contributed by atoms with Crippen LogP contribution in [-0.4, -0.2) is 44.8 Å². The molecule has 0 saturated heterocycles. The Kier molecular flexibility index (Phi) is 9.91. The van der Waals surface area contributed by atoms with Crippen molar-refractivity contribution in [2.75, 3.05) is 0 Å². The van der Waals surface area contributed by atoms with E-state index in [-0.39, 0.29) is 36.0 Å². The molecule has 0 amide bonds. The van der Waals surface area contributed by atoms with Crippen molar-refractivity contribution in [2.24, 2.45) is 0 Å². The average molecular weight is 134 g/mol. The number of hydrogen-bond donors (Lipinski definition) is 1. The van der Waals surface area contributed by atoms with Crippen molar-refractivity contribution in [3.05, 3.63) is 0 Å². The van der Waals surface area contributed by atoms with Crippen molar-refractivity contribution in [3.8, 4) is 0 Å². The van der Waals surface area contributed by atoms with Gasteiger partial charge in [0.1, 0.15) is 0 Å². The molecule has 1 N–H and O–H groups in total. The molecule has 0 aromatic heterocycles. The van der Waals surface area contributed by atoms with Gasteiger partial charge in [-0.25, -0.2) is 0 Å². The maximum absolute atomic E-state index is 9.26. The topological polar surface area (TPSA) is 63.6 Å². The van der Waals surface area contributed by atoms with Gasteiger partial charge >= 0.3 is 47.4 Å². The van der Waals surface area contributed by atoms with Crippen molar-refractivity contribution in [3.63, 3.8) is 0 Å². The van der Waals surface area contributed by atoms with Crippen molar-refractivity contribution in [2.45, 2.75) is 0 Å². The van der Waals surface area contributed by atoms with Crippen molar-refractivity contribution < 1.29 is 17.7 Å². The molecule has 6 heteroatoms. The Balaban J connectivity index is 0. The van der Waals surface area contributed by atoms with Gasteiger partial charge in [0.2, 0.25) is 0 Å². The van der Waals surface area contributed by atoms with E-state index in [1.165, 1.54) is 0 Å². The van der Waals surface area contributed by atoms with Crippen LogP contribution in [0.1, 0.15) is 0 Å². The third-order valence-electron chi connectivity index (χ3n) is 0.122. The first-order valence-electron chi connectivity index (χ1n) is 0.987. The molecule has 0 rings (SSSR count). The zero-order chi connectivity index (χ0) is 4.99. The molecule has 0 aromatic carbocycles.